The van der Waals surface area contributed by atoms with Crippen LogP contribution in [0, 0.1) is 0 Å². The second-order valence-electron chi connectivity index (χ2n) is 3.77. The van der Waals surface area contributed by atoms with Crippen molar-refractivity contribution in [1.29, 1.82) is 0 Å². The van der Waals surface area contributed by atoms with E-state index in [4.69, 9.17) is 0 Å². The van der Waals surface area contributed by atoms with Crippen molar-refractivity contribution in [3.8, 4) is 0 Å². The van der Waals surface area contributed by atoms with Gasteiger partial charge in [0.15, 0.2) is 0 Å². The smallest absolute Gasteiger partial charge is 0.0498 e. The second-order valence-corrected chi connectivity index (χ2v) is 3.77. The van der Waals surface area contributed by atoms with Gasteiger partial charge in [0.1, 0.15) is 0 Å². The van der Waals surface area contributed by atoms with Crippen LogP contribution in [0.15, 0.2) is 0 Å². The molecule has 0 aromatic carbocycles. The van der Waals surface area contributed by atoms with Gasteiger partial charge in [0.2, 0.25) is 0 Å². The molecule has 2 rings (SSSR count). The lowest BCUT2D eigenvalue weighted by Crippen LogP contribution is -2.49. The van der Waals surface area contributed by atoms with Crippen LogP contribution in [0.2, 0.25) is 0 Å². The van der Waals surface area contributed by atoms with Gasteiger partial charge in [-0.05, 0) is 25.9 Å². The second kappa shape index (κ2) is 4.21. The van der Waals surface area contributed by atoms with E-state index in [1.54, 1.807) is 0 Å². The van der Waals surface area contributed by atoms with Crippen molar-refractivity contribution in [2.24, 2.45) is 0 Å². The van der Waals surface area contributed by atoms with Gasteiger partial charge in [-0.15, -0.1) is 0 Å². The highest BCUT2D eigenvalue weighted by molar-refractivity contribution is 4.80. The average molecular weight is 168 g/mol. The molecule has 69 valence electrons. The summed E-state index contributed by atoms with van der Waals surface area (Å²) in [6.45, 7) is 6.97. The highest BCUT2D eigenvalue weighted by atomic mass is 15.2. The van der Waals surface area contributed by atoms with Crippen LogP contribution in [0.1, 0.15) is 12.8 Å². The summed E-state index contributed by atoms with van der Waals surface area (Å²) in [7, 11) is 0. The molecular weight excluding hydrogens is 150 g/mol. The molecule has 3 nitrogen and oxygen atoms in total. The summed E-state index contributed by atoms with van der Waals surface area (Å²) in [5, 5.41) is 7.98. The van der Waals surface area contributed by atoms with Crippen LogP contribution in [-0.4, -0.2) is 50.2 Å². The molecule has 12 heavy (non-hydrogen) atoms. The zero-order valence-electron chi connectivity index (χ0n) is 7.63. The van der Waals surface area contributed by atoms with Crippen LogP contribution in [0.4, 0.5) is 0 Å². The summed E-state index contributed by atoms with van der Waals surface area (Å²) in [6, 6.07) is 0.567. The highest BCUT2D eigenvalue weighted by Crippen LogP contribution is 2.08. The van der Waals surface area contributed by atoms with Crippen LogP contribution < -0.4 is 10.6 Å². The molecule has 2 heterocycles. The maximum atomic E-state index is 4.59. The molecule has 0 spiro atoms. The summed E-state index contributed by atoms with van der Waals surface area (Å²) >= 11 is 0. The van der Waals surface area contributed by atoms with E-state index in [1.165, 1.54) is 32.5 Å². The Hall–Kier alpha value is -0.120. The van der Waals surface area contributed by atoms with Gasteiger partial charge in [0, 0.05) is 32.2 Å². The summed E-state index contributed by atoms with van der Waals surface area (Å²) in [5.74, 6) is 0. The third kappa shape index (κ3) is 2.19. The molecule has 2 saturated heterocycles. The topological polar surface area (TPSA) is 29.4 Å². The minimum atomic E-state index is 0.567. The number of nitrogens with one attached hydrogen (secondary N) is 1. The van der Waals surface area contributed by atoms with E-state index in [0.717, 1.165) is 19.6 Å². The Kier molecular flexibility index (Phi) is 2.98. The summed E-state index contributed by atoms with van der Waals surface area (Å²) in [6.07, 6.45) is 2.78. The minimum absolute atomic E-state index is 0.567. The van der Waals surface area contributed by atoms with E-state index < -0.39 is 0 Å². The molecule has 0 saturated carbocycles. The first kappa shape index (κ1) is 8.48. The van der Waals surface area contributed by atoms with Gasteiger partial charge in [-0.2, -0.15) is 0 Å². The van der Waals surface area contributed by atoms with E-state index in [0.29, 0.717) is 6.04 Å². The predicted octanol–water partition coefficient (Wildman–Crippen LogP) is -0.342. The van der Waals surface area contributed by atoms with Crippen LogP contribution >= 0.6 is 0 Å². The first-order valence-corrected chi connectivity index (χ1v) is 5.05. The van der Waals surface area contributed by atoms with Crippen molar-refractivity contribution in [2.75, 3.05) is 39.3 Å². The van der Waals surface area contributed by atoms with Gasteiger partial charge in [-0.25, -0.2) is 5.32 Å². The molecule has 0 aromatic rings. The molecule has 0 aliphatic carbocycles. The minimum Gasteiger partial charge on any atom is -0.314 e. The molecule has 2 fully saturated rings. The van der Waals surface area contributed by atoms with Gasteiger partial charge < -0.3 is 10.2 Å². The number of hydrogen-bond acceptors (Lipinski definition) is 2. The molecule has 0 amide bonds. The zero-order valence-corrected chi connectivity index (χ0v) is 7.63. The normalized spacial score (nSPS) is 32.5. The molecule has 0 bridgehead atoms. The highest BCUT2D eigenvalue weighted by Gasteiger charge is 2.19. The molecule has 1 unspecified atom stereocenters. The predicted molar refractivity (Wildman–Crippen MR) is 49.3 cm³/mol. The van der Waals surface area contributed by atoms with Crippen molar-refractivity contribution < 1.29 is 0 Å². The van der Waals surface area contributed by atoms with Crippen LogP contribution in [0.3, 0.4) is 0 Å². The Morgan fingerprint density at radius 3 is 2.83 bits per heavy atom. The quantitative estimate of drug-likeness (QED) is 0.611. The molecule has 1 radical (unpaired) electrons. The number of nitrogens with zero attached hydrogens (tertiary/aromatic N) is 2. The third-order valence-corrected chi connectivity index (χ3v) is 2.72. The van der Waals surface area contributed by atoms with E-state index in [9.17, 15) is 0 Å². The lowest BCUT2D eigenvalue weighted by molar-refractivity contribution is 0.268. The van der Waals surface area contributed by atoms with Crippen molar-refractivity contribution in [2.45, 2.75) is 18.9 Å². The first-order valence-electron chi connectivity index (χ1n) is 5.05. The molecule has 1 atom stereocenters. The van der Waals surface area contributed by atoms with E-state index >= 15 is 0 Å². The van der Waals surface area contributed by atoms with E-state index in [2.05, 4.69) is 15.5 Å². The molecule has 3 heteroatoms. The fourth-order valence-electron chi connectivity index (χ4n) is 2.04. The average Bonchev–Trinajstić information content (AvgIpc) is 2.59. The Morgan fingerprint density at radius 1 is 1.33 bits per heavy atom. The number of rotatable bonds is 2. The molecule has 2 aliphatic heterocycles. The van der Waals surface area contributed by atoms with Crippen molar-refractivity contribution in [3.05, 3.63) is 0 Å². The molecule has 0 aromatic heterocycles. The monoisotopic (exact) mass is 168 g/mol. The molecular formula is C9H18N3. The molecule has 2 aliphatic rings. The fourth-order valence-corrected chi connectivity index (χ4v) is 2.04. The van der Waals surface area contributed by atoms with Gasteiger partial charge in [-0.1, -0.05) is 0 Å². The summed E-state index contributed by atoms with van der Waals surface area (Å²) < 4.78 is 0. The summed E-state index contributed by atoms with van der Waals surface area (Å²) in [5.41, 5.74) is 0. The van der Waals surface area contributed by atoms with Crippen molar-refractivity contribution in [1.82, 2.24) is 15.5 Å². The van der Waals surface area contributed by atoms with Gasteiger partial charge in [-0.3, -0.25) is 0 Å². The number of piperazine rings is 1. The zero-order chi connectivity index (χ0) is 8.23. The maximum Gasteiger partial charge on any atom is 0.0498 e. The summed E-state index contributed by atoms with van der Waals surface area (Å²) in [4.78, 5) is 2.54. The Morgan fingerprint density at radius 2 is 2.17 bits per heavy atom. The first-order chi connectivity index (χ1) is 5.95. The largest absolute Gasteiger partial charge is 0.314 e. The van der Waals surface area contributed by atoms with Crippen LogP contribution in [0.5, 0.6) is 0 Å². The van der Waals surface area contributed by atoms with Gasteiger partial charge >= 0.3 is 0 Å². The molecule has 1 N–H and O–H groups in total. The number of likely N-dealkylation sites (tertiary alicyclic amines) is 1. The van der Waals surface area contributed by atoms with Gasteiger partial charge in [0.05, 0.1) is 0 Å². The Bertz CT molecular complexity index is 126. The maximum absolute atomic E-state index is 4.59. The SMILES string of the molecule is C1CCN(CC2CNCC[N]2)C1. The Labute approximate surface area is 74.5 Å². The third-order valence-electron chi connectivity index (χ3n) is 2.72. The standard InChI is InChI=1S/C9H18N3/c1-2-6-12(5-1)8-9-7-10-3-4-11-9/h9-10H,1-8H2. The number of hydrogen-bond donors (Lipinski definition) is 1. The lowest BCUT2D eigenvalue weighted by atomic mass is 10.2. The van der Waals surface area contributed by atoms with Crippen molar-refractivity contribution in [3.63, 3.8) is 0 Å². The van der Waals surface area contributed by atoms with E-state index in [1.807, 2.05) is 0 Å². The lowest BCUT2D eigenvalue weighted by Gasteiger charge is -2.26. The van der Waals surface area contributed by atoms with Crippen LogP contribution in [-0.2, 0) is 0 Å². The van der Waals surface area contributed by atoms with Gasteiger partial charge in [0.25, 0.3) is 0 Å². The van der Waals surface area contributed by atoms with E-state index in [-0.39, 0.29) is 0 Å². The Balaban J connectivity index is 1.69. The fraction of sp³-hybridized carbons (Fsp3) is 1.00. The van der Waals surface area contributed by atoms with Crippen LogP contribution in [0.25, 0.3) is 0 Å². The van der Waals surface area contributed by atoms with Crippen molar-refractivity contribution >= 4 is 0 Å².